The van der Waals surface area contributed by atoms with Crippen LogP contribution in [0.1, 0.15) is 24.5 Å². The Bertz CT molecular complexity index is 395. The highest BCUT2D eigenvalue weighted by Crippen LogP contribution is 2.16. The van der Waals surface area contributed by atoms with E-state index < -0.39 is 10.8 Å². The minimum absolute atomic E-state index is 0.254. The Morgan fingerprint density at radius 3 is 2.76 bits per heavy atom. The molecule has 0 aliphatic rings. The van der Waals surface area contributed by atoms with E-state index in [2.05, 4.69) is 11.4 Å². The number of hydrogen-bond acceptors (Lipinski definition) is 2. The monoisotopic (exact) mass is 273 g/mol. The van der Waals surface area contributed by atoms with Crippen LogP contribution >= 0.6 is 11.6 Å². The second kappa shape index (κ2) is 7.14. The summed E-state index contributed by atoms with van der Waals surface area (Å²) in [5.41, 5.74) is 2.29. The lowest BCUT2D eigenvalue weighted by Gasteiger charge is -2.09. The molecule has 0 saturated heterocycles. The second-order valence-corrected chi connectivity index (χ2v) is 6.57. The third-order valence-corrected chi connectivity index (χ3v) is 4.64. The molecule has 0 aromatic heterocycles. The standard InChI is InChI=1S/C13H20ClNOS/c1-10-4-5-12(8-13(10)14)9-15-7-6-11(2)17(3)16/h4-5,8,11,15H,6-7,9H2,1-3H3. The number of nitrogens with one attached hydrogen (secondary N) is 1. The summed E-state index contributed by atoms with van der Waals surface area (Å²) in [6.45, 7) is 5.70. The zero-order valence-corrected chi connectivity index (χ0v) is 12.2. The SMILES string of the molecule is Cc1ccc(CNCCC(C)S(C)=O)cc1Cl. The van der Waals surface area contributed by atoms with Crippen molar-refractivity contribution in [3.8, 4) is 0 Å². The van der Waals surface area contributed by atoms with Crippen molar-refractivity contribution >= 4 is 22.4 Å². The van der Waals surface area contributed by atoms with Crippen LogP contribution in [0.2, 0.25) is 5.02 Å². The lowest BCUT2D eigenvalue weighted by atomic mass is 10.1. The van der Waals surface area contributed by atoms with E-state index in [-0.39, 0.29) is 5.25 Å². The van der Waals surface area contributed by atoms with Gasteiger partial charge in [-0.05, 0) is 37.1 Å². The van der Waals surface area contributed by atoms with Crippen LogP contribution in [0.3, 0.4) is 0 Å². The van der Waals surface area contributed by atoms with E-state index in [4.69, 9.17) is 11.6 Å². The summed E-state index contributed by atoms with van der Waals surface area (Å²) >= 11 is 6.05. The largest absolute Gasteiger partial charge is 0.313 e. The van der Waals surface area contributed by atoms with Crippen molar-refractivity contribution in [1.29, 1.82) is 0 Å². The molecule has 1 aromatic rings. The van der Waals surface area contributed by atoms with Gasteiger partial charge < -0.3 is 5.32 Å². The molecule has 2 unspecified atom stereocenters. The van der Waals surface area contributed by atoms with Gasteiger partial charge in [0.1, 0.15) is 0 Å². The van der Waals surface area contributed by atoms with Gasteiger partial charge in [0.25, 0.3) is 0 Å². The number of halogens is 1. The number of aryl methyl sites for hydroxylation is 1. The number of hydrogen-bond donors (Lipinski definition) is 1. The van der Waals surface area contributed by atoms with Gasteiger partial charge >= 0.3 is 0 Å². The van der Waals surface area contributed by atoms with Gasteiger partial charge in [-0.25, -0.2) is 0 Å². The molecule has 1 rings (SSSR count). The summed E-state index contributed by atoms with van der Waals surface area (Å²) in [6.07, 6.45) is 2.69. The molecule has 0 radical (unpaired) electrons. The first kappa shape index (κ1) is 14.7. The first-order valence-corrected chi connectivity index (χ1v) is 7.78. The Morgan fingerprint density at radius 1 is 1.47 bits per heavy atom. The molecule has 0 saturated carbocycles. The molecule has 0 heterocycles. The van der Waals surface area contributed by atoms with E-state index in [9.17, 15) is 4.21 Å². The lowest BCUT2D eigenvalue weighted by Crippen LogP contribution is -2.20. The normalized spacial score (nSPS) is 14.6. The summed E-state index contributed by atoms with van der Waals surface area (Å²) in [6, 6.07) is 6.10. The molecule has 0 aliphatic carbocycles. The highest BCUT2D eigenvalue weighted by molar-refractivity contribution is 7.84. The van der Waals surface area contributed by atoms with Crippen LogP contribution < -0.4 is 5.32 Å². The molecule has 0 fully saturated rings. The molecular formula is C13H20ClNOS. The maximum absolute atomic E-state index is 11.2. The van der Waals surface area contributed by atoms with E-state index in [1.807, 2.05) is 26.0 Å². The maximum atomic E-state index is 11.2. The van der Waals surface area contributed by atoms with E-state index in [1.54, 1.807) is 6.26 Å². The van der Waals surface area contributed by atoms with Gasteiger partial charge in [-0.15, -0.1) is 0 Å². The summed E-state index contributed by atoms with van der Waals surface area (Å²) < 4.78 is 11.2. The van der Waals surface area contributed by atoms with Crippen LogP contribution in [-0.4, -0.2) is 22.3 Å². The first-order valence-electron chi connectivity index (χ1n) is 5.78. The molecule has 96 valence electrons. The van der Waals surface area contributed by atoms with Crippen molar-refractivity contribution in [2.45, 2.75) is 32.1 Å². The van der Waals surface area contributed by atoms with Crippen molar-refractivity contribution in [3.05, 3.63) is 34.3 Å². The Kier molecular flexibility index (Phi) is 6.17. The average molecular weight is 274 g/mol. The molecule has 1 N–H and O–H groups in total. The molecule has 0 amide bonds. The lowest BCUT2D eigenvalue weighted by molar-refractivity contribution is 0.629. The first-order chi connectivity index (χ1) is 8.00. The summed E-state index contributed by atoms with van der Waals surface area (Å²) in [4.78, 5) is 0. The predicted octanol–water partition coefficient (Wildman–Crippen LogP) is 2.90. The fourth-order valence-electron chi connectivity index (χ4n) is 1.45. The maximum Gasteiger partial charge on any atom is 0.0438 e. The molecule has 2 nitrogen and oxygen atoms in total. The number of rotatable bonds is 6. The fourth-order valence-corrected chi connectivity index (χ4v) is 2.10. The molecule has 2 atom stereocenters. The van der Waals surface area contributed by atoms with Gasteiger partial charge in [-0.2, -0.15) is 0 Å². The summed E-state index contributed by atoms with van der Waals surface area (Å²) in [5.74, 6) is 0. The van der Waals surface area contributed by atoms with Crippen LogP contribution in [0.4, 0.5) is 0 Å². The van der Waals surface area contributed by atoms with Crippen LogP contribution in [-0.2, 0) is 17.3 Å². The van der Waals surface area contributed by atoms with Crippen LogP contribution in [0.5, 0.6) is 0 Å². The minimum Gasteiger partial charge on any atom is -0.313 e. The zero-order chi connectivity index (χ0) is 12.8. The van der Waals surface area contributed by atoms with Crippen LogP contribution in [0.25, 0.3) is 0 Å². The molecule has 0 aliphatic heterocycles. The van der Waals surface area contributed by atoms with Crippen LogP contribution in [0.15, 0.2) is 18.2 Å². The van der Waals surface area contributed by atoms with Gasteiger partial charge in [0.2, 0.25) is 0 Å². The molecule has 17 heavy (non-hydrogen) atoms. The molecule has 1 aromatic carbocycles. The highest BCUT2D eigenvalue weighted by Gasteiger charge is 2.05. The molecule has 0 bridgehead atoms. The van der Waals surface area contributed by atoms with Crippen molar-refractivity contribution in [1.82, 2.24) is 5.32 Å². The highest BCUT2D eigenvalue weighted by atomic mass is 35.5. The molecule has 4 heteroatoms. The zero-order valence-electron chi connectivity index (χ0n) is 10.6. The van der Waals surface area contributed by atoms with Gasteiger partial charge in [-0.1, -0.05) is 30.7 Å². The second-order valence-electron chi connectivity index (χ2n) is 4.36. The smallest absolute Gasteiger partial charge is 0.0438 e. The molecular weight excluding hydrogens is 254 g/mol. The van der Waals surface area contributed by atoms with Gasteiger partial charge in [0.05, 0.1) is 0 Å². The summed E-state index contributed by atoms with van der Waals surface area (Å²) in [7, 11) is -0.726. The quantitative estimate of drug-likeness (QED) is 0.808. The van der Waals surface area contributed by atoms with E-state index in [1.165, 1.54) is 5.56 Å². The Hall–Kier alpha value is -0.380. The van der Waals surface area contributed by atoms with E-state index in [0.717, 1.165) is 30.1 Å². The third kappa shape index (κ3) is 5.19. The number of benzene rings is 1. The molecule has 0 spiro atoms. The Labute approximate surface area is 111 Å². The van der Waals surface area contributed by atoms with Gasteiger partial charge in [0, 0.05) is 33.9 Å². The average Bonchev–Trinajstić information content (AvgIpc) is 2.28. The Morgan fingerprint density at radius 2 is 2.18 bits per heavy atom. The van der Waals surface area contributed by atoms with E-state index in [0.29, 0.717) is 0 Å². The summed E-state index contributed by atoms with van der Waals surface area (Å²) in [5, 5.41) is 4.41. The minimum atomic E-state index is -0.726. The van der Waals surface area contributed by atoms with Crippen molar-refractivity contribution in [2.24, 2.45) is 0 Å². The van der Waals surface area contributed by atoms with Crippen LogP contribution in [0, 0.1) is 6.92 Å². The van der Waals surface area contributed by atoms with Crippen molar-refractivity contribution < 1.29 is 4.21 Å². The Balaban J connectivity index is 2.31. The van der Waals surface area contributed by atoms with Gasteiger partial charge in [-0.3, -0.25) is 4.21 Å². The van der Waals surface area contributed by atoms with Crippen molar-refractivity contribution in [3.63, 3.8) is 0 Å². The topological polar surface area (TPSA) is 29.1 Å². The van der Waals surface area contributed by atoms with Crippen molar-refractivity contribution in [2.75, 3.05) is 12.8 Å². The third-order valence-electron chi connectivity index (χ3n) is 2.86. The fraction of sp³-hybridized carbons (Fsp3) is 0.538. The van der Waals surface area contributed by atoms with Gasteiger partial charge in [0.15, 0.2) is 0 Å². The van der Waals surface area contributed by atoms with E-state index >= 15 is 0 Å². The predicted molar refractivity (Wildman–Crippen MR) is 76.0 cm³/mol.